The molecule has 1 aromatic rings. The van der Waals surface area contributed by atoms with Crippen LogP contribution in [0.5, 0.6) is 0 Å². The molecule has 1 saturated carbocycles. The maximum atomic E-state index is 10.7. The standard InChI is InChI=1S/C13H17NO2/c1-9(10-5-3-2-4-6-10)14-12-7-11(8-12)13(15)16/h2-6,9,11-12,14H,7-8H2,1H3,(H,15,16). The summed E-state index contributed by atoms with van der Waals surface area (Å²) in [6, 6.07) is 10.9. The molecule has 3 nitrogen and oxygen atoms in total. The number of hydrogen-bond donors (Lipinski definition) is 2. The Morgan fingerprint density at radius 3 is 2.56 bits per heavy atom. The molecule has 1 aliphatic carbocycles. The predicted molar refractivity (Wildman–Crippen MR) is 62.1 cm³/mol. The molecule has 2 N–H and O–H groups in total. The third-order valence-electron chi connectivity index (χ3n) is 3.27. The molecule has 0 aromatic heterocycles. The Balaban J connectivity index is 1.82. The average molecular weight is 219 g/mol. The molecule has 16 heavy (non-hydrogen) atoms. The number of rotatable bonds is 4. The maximum Gasteiger partial charge on any atom is 0.306 e. The Morgan fingerprint density at radius 2 is 2.00 bits per heavy atom. The second-order valence-corrected chi connectivity index (χ2v) is 4.50. The van der Waals surface area contributed by atoms with Crippen LogP contribution in [0.15, 0.2) is 30.3 Å². The molecular formula is C13H17NO2. The molecule has 2 rings (SSSR count). The summed E-state index contributed by atoms with van der Waals surface area (Å²) in [6.07, 6.45) is 1.51. The summed E-state index contributed by atoms with van der Waals surface area (Å²) in [6.45, 7) is 2.11. The van der Waals surface area contributed by atoms with E-state index in [4.69, 9.17) is 5.11 Å². The first-order chi connectivity index (χ1) is 7.66. The van der Waals surface area contributed by atoms with E-state index in [0.717, 1.165) is 12.8 Å². The van der Waals surface area contributed by atoms with E-state index in [2.05, 4.69) is 24.4 Å². The number of aliphatic carboxylic acids is 1. The van der Waals surface area contributed by atoms with E-state index in [0.29, 0.717) is 12.1 Å². The lowest BCUT2D eigenvalue weighted by atomic mass is 9.80. The monoisotopic (exact) mass is 219 g/mol. The third-order valence-corrected chi connectivity index (χ3v) is 3.27. The van der Waals surface area contributed by atoms with Crippen molar-refractivity contribution in [3.8, 4) is 0 Å². The Hall–Kier alpha value is -1.35. The van der Waals surface area contributed by atoms with Crippen molar-refractivity contribution < 1.29 is 9.90 Å². The molecule has 0 radical (unpaired) electrons. The Morgan fingerprint density at radius 1 is 1.38 bits per heavy atom. The lowest BCUT2D eigenvalue weighted by molar-refractivity contribution is -0.145. The molecule has 86 valence electrons. The number of hydrogen-bond acceptors (Lipinski definition) is 2. The predicted octanol–water partition coefficient (Wildman–Crippen LogP) is 2.20. The quantitative estimate of drug-likeness (QED) is 0.816. The average Bonchev–Trinajstić information content (AvgIpc) is 2.23. The smallest absolute Gasteiger partial charge is 0.306 e. The number of benzene rings is 1. The minimum Gasteiger partial charge on any atom is -0.481 e. The van der Waals surface area contributed by atoms with Gasteiger partial charge in [0.15, 0.2) is 0 Å². The molecule has 0 spiro atoms. The van der Waals surface area contributed by atoms with Gasteiger partial charge in [-0.3, -0.25) is 4.79 Å². The van der Waals surface area contributed by atoms with E-state index in [1.54, 1.807) is 0 Å². The second kappa shape index (κ2) is 4.66. The molecular weight excluding hydrogens is 202 g/mol. The van der Waals surface area contributed by atoms with E-state index in [-0.39, 0.29) is 5.92 Å². The zero-order valence-electron chi connectivity index (χ0n) is 9.39. The molecule has 0 amide bonds. The summed E-state index contributed by atoms with van der Waals surface area (Å²) in [5, 5.41) is 12.2. The molecule has 3 heteroatoms. The van der Waals surface area contributed by atoms with Crippen LogP contribution in [0.3, 0.4) is 0 Å². The largest absolute Gasteiger partial charge is 0.481 e. The Kier molecular flexibility index (Phi) is 3.25. The number of carboxylic acids is 1. The normalized spacial score (nSPS) is 25.8. The van der Waals surface area contributed by atoms with Gasteiger partial charge >= 0.3 is 5.97 Å². The van der Waals surface area contributed by atoms with Crippen molar-refractivity contribution in [1.82, 2.24) is 5.32 Å². The fourth-order valence-corrected chi connectivity index (χ4v) is 2.15. The lowest BCUT2D eigenvalue weighted by Crippen LogP contribution is -2.45. The zero-order valence-corrected chi connectivity index (χ0v) is 9.39. The van der Waals surface area contributed by atoms with Gasteiger partial charge in [0.05, 0.1) is 5.92 Å². The molecule has 1 fully saturated rings. The first-order valence-corrected chi connectivity index (χ1v) is 5.70. The van der Waals surface area contributed by atoms with Crippen LogP contribution < -0.4 is 5.32 Å². The van der Waals surface area contributed by atoms with Crippen molar-refractivity contribution in [3.63, 3.8) is 0 Å². The fraction of sp³-hybridized carbons (Fsp3) is 0.462. The molecule has 1 atom stereocenters. The van der Waals surface area contributed by atoms with Crippen LogP contribution in [-0.2, 0) is 4.79 Å². The van der Waals surface area contributed by atoms with E-state index in [1.165, 1.54) is 5.56 Å². The van der Waals surface area contributed by atoms with E-state index >= 15 is 0 Å². The van der Waals surface area contributed by atoms with E-state index in [9.17, 15) is 4.79 Å². The highest BCUT2D eigenvalue weighted by Crippen LogP contribution is 2.29. The molecule has 0 saturated heterocycles. The summed E-state index contributed by atoms with van der Waals surface area (Å²) in [5.41, 5.74) is 1.25. The molecule has 1 aromatic carbocycles. The first kappa shape index (κ1) is 11.1. The number of carbonyl (C=O) groups is 1. The summed E-state index contributed by atoms with van der Waals surface area (Å²) in [5.74, 6) is -0.800. The van der Waals surface area contributed by atoms with Gasteiger partial charge in [-0.05, 0) is 25.3 Å². The SMILES string of the molecule is CC(NC1CC(C(=O)O)C1)c1ccccc1. The van der Waals surface area contributed by atoms with Crippen molar-refractivity contribution in [1.29, 1.82) is 0 Å². The summed E-state index contributed by atoms with van der Waals surface area (Å²) in [7, 11) is 0. The van der Waals surface area contributed by atoms with Gasteiger partial charge < -0.3 is 10.4 Å². The van der Waals surface area contributed by atoms with Crippen LogP contribution in [-0.4, -0.2) is 17.1 Å². The minimum absolute atomic E-state index is 0.138. The second-order valence-electron chi connectivity index (χ2n) is 4.50. The van der Waals surface area contributed by atoms with Crippen LogP contribution in [0.4, 0.5) is 0 Å². The van der Waals surface area contributed by atoms with Crippen LogP contribution in [0, 0.1) is 5.92 Å². The Labute approximate surface area is 95.5 Å². The zero-order chi connectivity index (χ0) is 11.5. The van der Waals surface area contributed by atoms with Crippen molar-refractivity contribution in [2.45, 2.75) is 31.8 Å². The minimum atomic E-state index is -0.662. The molecule has 0 aliphatic heterocycles. The van der Waals surface area contributed by atoms with Crippen LogP contribution in [0.25, 0.3) is 0 Å². The van der Waals surface area contributed by atoms with Gasteiger partial charge in [0.1, 0.15) is 0 Å². The van der Waals surface area contributed by atoms with Crippen LogP contribution in [0.2, 0.25) is 0 Å². The highest BCUT2D eigenvalue weighted by molar-refractivity contribution is 5.71. The van der Waals surface area contributed by atoms with Crippen LogP contribution in [0.1, 0.15) is 31.4 Å². The third kappa shape index (κ3) is 2.42. The Bertz CT molecular complexity index is 357. The van der Waals surface area contributed by atoms with Gasteiger partial charge in [0, 0.05) is 12.1 Å². The van der Waals surface area contributed by atoms with Gasteiger partial charge in [-0.25, -0.2) is 0 Å². The topological polar surface area (TPSA) is 49.3 Å². The molecule has 0 heterocycles. The summed E-state index contributed by atoms with van der Waals surface area (Å²) < 4.78 is 0. The van der Waals surface area contributed by atoms with Gasteiger partial charge in [-0.15, -0.1) is 0 Å². The van der Waals surface area contributed by atoms with E-state index < -0.39 is 5.97 Å². The summed E-state index contributed by atoms with van der Waals surface area (Å²) in [4.78, 5) is 10.7. The van der Waals surface area contributed by atoms with Gasteiger partial charge in [0.2, 0.25) is 0 Å². The summed E-state index contributed by atoms with van der Waals surface area (Å²) >= 11 is 0. The highest BCUT2D eigenvalue weighted by Gasteiger charge is 2.34. The van der Waals surface area contributed by atoms with Gasteiger partial charge in [-0.2, -0.15) is 0 Å². The molecule has 1 aliphatic rings. The fourth-order valence-electron chi connectivity index (χ4n) is 2.15. The van der Waals surface area contributed by atoms with Crippen molar-refractivity contribution in [3.05, 3.63) is 35.9 Å². The first-order valence-electron chi connectivity index (χ1n) is 5.70. The van der Waals surface area contributed by atoms with Gasteiger partial charge in [-0.1, -0.05) is 30.3 Å². The highest BCUT2D eigenvalue weighted by atomic mass is 16.4. The van der Waals surface area contributed by atoms with Crippen molar-refractivity contribution >= 4 is 5.97 Å². The molecule has 1 unspecified atom stereocenters. The number of carboxylic acid groups (broad SMARTS) is 1. The van der Waals surface area contributed by atoms with Crippen molar-refractivity contribution in [2.75, 3.05) is 0 Å². The van der Waals surface area contributed by atoms with Gasteiger partial charge in [0.25, 0.3) is 0 Å². The number of nitrogens with one attached hydrogen (secondary N) is 1. The van der Waals surface area contributed by atoms with E-state index in [1.807, 2.05) is 18.2 Å². The van der Waals surface area contributed by atoms with Crippen molar-refractivity contribution in [2.24, 2.45) is 5.92 Å². The lowest BCUT2D eigenvalue weighted by Gasteiger charge is -2.35. The molecule has 0 bridgehead atoms. The maximum absolute atomic E-state index is 10.7. The van der Waals surface area contributed by atoms with Crippen LogP contribution >= 0.6 is 0 Å².